The molecule has 1 amide bonds. The maximum Gasteiger partial charge on any atom is 0.247 e. The Labute approximate surface area is 124 Å². The summed E-state index contributed by atoms with van der Waals surface area (Å²) < 4.78 is 0. The van der Waals surface area contributed by atoms with Gasteiger partial charge in [-0.25, -0.2) is 0 Å². The van der Waals surface area contributed by atoms with Crippen LogP contribution in [0, 0.1) is 5.92 Å². The van der Waals surface area contributed by atoms with E-state index in [2.05, 4.69) is 24.0 Å². The molecule has 1 aliphatic rings. The fraction of sp³-hybridized carbons (Fsp3) is 0.222. The van der Waals surface area contributed by atoms with E-state index in [-0.39, 0.29) is 11.9 Å². The molecule has 0 N–H and O–H groups in total. The minimum atomic E-state index is 0.0609. The monoisotopic (exact) mass is 278 g/mol. The summed E-state index contributed by atoms with van der Waals surface area (Å²) in [7, 11) is 0. The zero-order valence-corrected chi connectivity index (χ0v) is 12.0. The molecule has 2 heterocycles. The van der Waals surface area contributed by atoms with Gasteiger partial charge < -0.3 is 4.90 Å². The molecule has 1 aromatic heterocycles. The van der Waals surface area contributed by atoms with Crippen LogP contribution in [0.25, 0.3) is 6.08 Å². The number of pyridine rings is 1. The van der Waals surface area contributed by atoms with Crippen molar-refractivity contribution in [1.82, 2.24) is 9.88 Å². The molecule has 21 heavy (non-hydrogen) atoms. The average molecular weight is 278 g/mol. The van der Waals surface area contributed by atoms with Gasteiger partial charge in [0.15, 0.2) is 0 Å². The molecule has 0 bridgehead atoms. The summed E-state index contributed by atoms with van der Waals surface area (Å²) in [6.07, 6.45) is 6.93. The Bertz CT molecular complexity index is 637. The predicted molar refractivity (Wildman–Crippen MR) is 83.3 cm³/mol. The Morgan fingerprint density at radius 2 is 2.05 bits per heavy atom. The van der Waals surface area contributed by atoms with Crippen LogP contribution in [0.4, 0.5) is 0 Å². The van der Waals surface area contributed by atoms with Crippen LogP contribution in [0.1, 0.15) is 24.1 Å². The Morgan fingerprint density at radius 1 is 1.24 bits per heavy atom. The van der Waals surface area contributed by atoms with Crippen molar-refractivity contribution >= 4 is 12.0 Å². The molecule has 1 aliphatic heterocycles. The summed E-state index contributed by atoms with van der Waals surface area (Å²) in [5.74, 6) is 0.564. The summed E-state index contributed by atoms with van der Waals surface area (Å²) in [4.78, 5) is 18.3. The van der Waals surface area contributed by atoms with Gasteiger partial charge in [0.2, 0.25) is 5.91 Å². The number of amides is 1. The molecule has 1 aromatic carbocycles. The van der Waals surface area contributed by atoms with Gasteiger partial charge in [0, 0.05) is 25.0 Å². The number of rotatable bonds is 3. The van der Waals surface area contributed by atoms with E-state index in [0.717, 1.165) is 12.1 Å². The van der Waals surface area contributed by atoms with Gasteiger partial charge in [0.1, 0.15) is 0 Å². The maximum absolute atomic E-state index is 12.3. The molecule has 0 spiro atoms. The van der Waals surface area contributed by atoms with Gasteiger partial charge in [0.05, 0.1) is 6.04 Å². The number of nitrogens with zero attached hydrogens (tertiary/aromatic N) is 2. The lowest BCUT2D eigenvalue weighted by molar-refractivity contribution is -0.137. The number of carbonyl (C=O) groups excluding carboxylic acids is 1. The third-order valence-corrected chi connectivity index (χ3v) is 3.89. The SMILES string of the molecule is CC1CN(C(=O)/C=C/c2cccnc2)C1c1ccccc1. The van der Waals surface area contributed by atoms with Crippen molar-refractivity contribution < 1.29 is 4.79 Å². The molecular formula is C18H18N2O. The number of hydrogen-bond donors (Lipinski definition) is 0. The molecule has 1 saturated heterocycles. The van der Waals surface area contributed by atoms with E-state index in [1.54, 1.807) is 18.5 Å². The highest BCUT2D eigenvalue weighted by Crippen LogP contribution is 2.38. The molecule has 3 rings (SSSR count). The summed E-state index contributed by atoms with van der Waals surface area (Å²) in [6, 6.07) is 14.2. The van der Waals surface area contributed by atoms with Gasteiger partial charge in [-0.3, -0.25) is 9.78 Å². The molecule has 1 fully saturated rings. The third-order valence-electron chi connectivity index (χ3n) is 3.89. The van der Waals surface area contributed by atoms with Crippen molar-refractivity contribution in [2.24, 2.45) is 5.92 Å². The lowest BCUT2D eigenvalue weighted by Crippen LogP contribution is -2.50. The van der Waals surface area contributed by atoms with Gasteiger partial charge in [-0.05, 0) is 29.2 Å². The van der Waals surface area contributed by atoms with E-state index >= 15 is 0 Å². The van der Waals surface area contributed by atoms with E-state index in [9.17, 15) is 4.79 Å². The smallest absolute Gasteiger partial charge is 0.247 e. The van der Waals surface area contributed by atoms with Gasteiger partial charge in [-0.1, -0.05) is 43.3 Å². The lowest BCUT2D eigenvalue weighted by atomic mass is 9.84. The molecule has 106 valence electrons. The van der Waals surface area contributed by atoms with Crippen LogP contribution in [0.3, 0.4) is 0 Å². The van der Waals surface area contributed by atoms with Crippen LogP contribution in [0.5, 0.6) is 0 Å². The second-order valence-corrected chi connectivity index (χ2v) is 5.44. The molecule has 2 atom stereocenters. The van der Waals surface area contributed by atoms with Crippen molar-refractivity contribution in [3.63, 3.8) is 0 Å². The van der Waals surface area contributed by atoms with Crippen molar-refractivity contribution in [1.29, 1.82) is 0 Å². The van der Waals surface area contributed by atoms with Crippen molar-refractivity contribution in [2.75, 3.05) is 6.54 Å². The molecule has 3 heteroatoms. The van der Waals surface area contributed by atoms with E-state index in [1.165, 1.54) is 5.56 Å². The minimum Gasteiger partial charge on any atom is -0.331 e. The fourth-order valence-corrected chi connectivity index (χ4v) is 2.82. The van der Waals surface area contributed by atoms with Crippen LogP contribution in [-0.2, 0) is 4.79 Å². The number of benzene rings is 1. The molecule has 2 unspecified atom stereocenters. The highest BCUT2D eigenvalue weighted by molar-refractivity contribution is 5.92. The first-order valence-corrected chi connectivity index (χ1v) is 7.19. The third kappa shape index (κ3) is 2.87. The average Bonchev–Trinajstić information content (AvgIpc) is 2.52. The van der Waals surface area contributed by atoms with E-state index in [0.29, 0.717) is 5.92 Å². The van der Waals surface area contributed by atoms with Crippen LogP contribution in [-0.4, -0.2) is 22.3 Å². The standard InChI is InChI=1S/C18H18N2O/c1-14-13-20(18(14)16-7-3-2-4-8-16)17(21)10-9-15-6-5-11-19-12-15/h2-12,14,18H,13H2,1H3/b10-9+. The normalized spacial score (nSPS) is 21.3. The predicted octanol–water partition coefficient (Wildman–Crippen LogP) is 3.31. The van der Waals surface area contributed by atoms with Crippen molar-refractivity contribution in [3.8, 4) is 0 Å². The highest BCUT2D eigenvalue weighted by Gasteiger charge is 2.38. The largest absolute Gasteiger partial charge is 0.331 e. The first kappa shape index (κ1) is 13.6. The number of aromatic nitrogens is 1. The molecule has 0 saturated carbocycles. The second kappa shape index (κ2) is 5.92. The summed E-state index contributed by atoms with van der Waals surface area (Å²) in [6.45, 7) is 3.00. The van der Waals surface area contributed by atoms with Crippen LogP contribution >= 0.6 is 0 Å². The van der Waals surface area contributed by atoms with Crippen LogP contribution in [0.15, 0.2) is 60.9 Å². The summed E-state index contributed by atoms with van der Waals surface area (Å²) in [5, 5.41) is 0. The molecule has 3 nitrogen and oxygen atoms in total. The van der Waals surface area contributed by atoms with Gasteiger partial charge in [-0.2, -0.15) is 0 Å². The van der Waals surface area contributed by atoms with Crippen LogP contribution in [0.2, 0.25) is 0 Å². The summed E-state index contributed by atoms with van der Waals surface area (Å²) >= 11 is 0. The van der Waals surface area contributed by atoms with E-state index in [4.69, 9.17) is 0 Å². The highest BCUT2D eigenvalue weighted by atomic mass is 16.2. The quantitative estimate of drug-likeness (QED) is 0.807. The van der Waals surface area contributed by atoms with Crippen LogP contribution < -0.4 is 0 Å². The maximum atomic E-state index is 12.3. The molecule has 0 aliphatic carbocycles. The molecule has 0 radical (unpaired) electrons. The fourth-order valence-electron chi connectivity index (χ4n) is 2.82. The Morgan fingerprint density at radius 3 is 2.71 bits per heavy atom. The van der Waals surface area contributed by atoms with E-state index < -0.39 is 0 Å². The van der Waals surface area contributed by atoms with Crippen molar-refractivity contribution in [2.45, 2.75) is 13.0 Å². The Kier molecular flexibility index (Phi) is 3.82. The summed E-state index contributed by atoms with van der Waals surface area (Å²) in [5.41, 5.74) is 2.15. The Balaban J connectivity index is 1.72. The van der Waals surface area contributed by atoms with Gasteiger partial charge in [0.25, 0.3) is 0 Å². The first-order chi connectivity index (χ1) is 10.3. The van der Waals surface area contributed by atoms with Crippen molar-refractivity contribution in [3.05, 3.63) is 72.1 Å². The van der Waals surface area contributed by atoms with E-state index in [1.807, 2.05) is 41.3 Å². The zero-order valence-electron chi connectivity index (χ0n) is 12.0. The minimum absolute atomic E-state index is 0.0609. The number of likely N-dealkylation sites (tertiary alicyclic amines) is 1. The zero-order chi connectivity index (χ0) is 14.7. The Hall–Kier alpha value is -2.42. The molecular weight excluding hydrogens is 260 g/mol. The second-order valence-electron chi connectivity index (χ2n) is 5.44. The van der Waals surface area contributed by atoms with Gasteiger partial charge in [-0.15, -0.1) is 0 Å². The molecule has 2 aromatic rings. The lowest BCUT2D eigenvalue weighted by Gasteiger charge is -2.46. The number of carbonyl (C=O) groups is 1. The first-order valence-electron chi connectivity index (χ1n) is 7.19. The topological polar surface area (TPSA) is 33.2 Å². The number of hydrogen-bond acceptors (Lipinski definition) is 2. The van der Waals surface area contributed by atoms with Gasteiger partial charge >= 0.3 is 0 Å².